The topological polar surface area (TPSA) is 106 Å². The van der Waals surface area contributed by atoms with Crippen molar-refractivity contribution in [3.8, 4) is 0 Å². The minimum absolute atomic E-state index is 0.0677. The molecule has 0 amide bonds. The Balaban J connectivity index is 2.45. The number of carbonyl (C=O) groups is 1. The van der Waals surface area contributed by atoms with Crippen LogP contribution in [-0.4, -0.2) is 42.9 Å². The zero-order valence-corrected chi connectivity index (χ0v) is 9.31. The summed E-state index contributed by atoms with van der Waals surface area (Å²) in [6.45, 7) is 2.05. The van der Waals surface area contributed by atoms with E-state index >= 15 is 0 Å². The number of aromatic nitrogens is 3. The number of carbonyl (C=O) groups excluding carboxylic acids is 1. The second-order valence-corrected chi connectivity index (χ2v) is 3.26. The maximum Gasteiger partial charge on any atom is 0.360 e. The lowest BCUT2D eigenvalue weighted by atomic mass is 10.5. The van der Waals surface area contributed by atoms with Crippen LogP contribution in [0.5, 0.6) is 0 Å². The molecule has 90 valence electrons. The van der Waals surface area contributed by atoms with E-state index in [1.165, 1.54) is 10.9 Å². The van der Waals surface area contributed by atoms with E-state index in [4.69, 9.17) is 4.74 Å². The van der Waals surface area contributed by atoms with Gasteiger partial charge in [0.25, 0.3) is 0 Å². The molecule has 0 radical (unpaired) electrons. The summed E-state index contributed by atoms with van der Waals surface area (Å²) in [6.07, 6.45) is 1.36. The van der Waals surface area contributed by atoms with Crippen molar-refractivity contribution in [3.63, 3.8) is 0 Å². The summed E-state index contributed by atoms with van der Waals surface area (Å²) < 4.78 is 30.4. The van der Waals surface area contributed by atoms with Gasteiger partial charge in [-0.3, -0.25) is 4.18 Å². The van der Waals surface area contributed by atoms with Crippen molar-refractivity contribution < 1.29 is 22.5 Å². The molecule has 0 N–H and O–H groups in total. The Labute approximate surface area is 94.0 Å². The predicted molar refractivity (Wildman–Crippen MR) is 50.9 cm³/mol. The highest BCUT2D eigenvalue weighted by molar-refractivity contribution is 7.74. The van der Waals surface area contributed by atoms with Crippen molar-refractivity contribution >= 4 is 17.3 Å². The van der Waals surface area contributed by atoms with Gasteiger partial charge in [-0.25, -0.2) is 13.7 Å². The number of hydrogen-bond donors (Lipinski definition) is 0. The van der Waals surface area contributed by atoms with E-state index in [0.29, 0.717) is 0 Å². The monoisotopic (exact) mass is 248 g/mol. The van der Waals surface area contributed by atoms with Crippen LogP contribution in [-0.2, 0) is 26.8 Å². The first kappa shape index (κ1) is 12.7. The Hall–Kier alpha value is -1.32. The quantitative estimate of drug-likeness (QED) is 0.482. The molecule has 1 aromatic rings. The van der Waals surface area contributed by atoms with Crippen molar-refractivity contribution in [1.29, 1.82) is 0 Å². The summed E-state index contributed by atoms with van der Waals surface area (Å²) in [5.74, 6) is -0.568. The average molecular weight is 248 g/mol. The smallest absolute Gasteiger partial charge is 0.360 e. The van der Waals surface area contributed by atoms with E-state index in [2.05, 4.69) is 14.5 Å². The van der Waals surface area contributed by atoms with Crippen LogP contribution >= 0.6 is 0 Å². The lowest BCUT2D eigenvalue weighted by molar-refractivity contribution is 0.0519. The fourth-order valence-corrected chi connectivity index (χ4v) is 1.12. The molecule has 8 nitrogen and oxygen atoms in total. The molecular formula is C7H10N3O5S-. The van der Waals surface area contributed by atoms with Crippen molar-refractivity contribution in [2.75, 3.05) is 13.2 Å². The fourth-order valence-electron chi connectivity index (χ4n) is 0.905. The molecule has 16 heavy (non-hydrogen) atoms. The van der Waals surface area contributed by atoms with Crippen molar-refractivity contribution in [3.05, 3.63) is 11.9 Å². The minimum Gasteiger partial charge on any atom is -0.750 e. The van der Waals surface area contributed by atoms with Gasteiger partial charge in [-0.05, 0) is 6.92 Å². The summed E-state index contributed by atoms with van der Waals surface area (Å²) in [5, 5.41) is 7.16. The van der Waals surface area contributed by atoms with E-state index in [1.807, 2.05) is 0 Å². The number of hydrogen-bond acceptors (Lipinski definition) is 7. The molecule has 0 aliphatic carbocycles. The van der Waals surface area contributed by atoms with Crippen molar-refractivity contribution in [2.45, 2.75) is 13.5 Å². The Morgan fingerprint density at radius 2 is 2.44 bits per heavy atom. The molecule has 1 aromatic heterocycles. The van der Waals surface area contributed by atoms with Crippen LogP contribution in [0.15, 0.2) is 6.20 Å². The van der Waals surface area contributed by atoms with Crippen LogP contribution in [0.2, 0.25) is 0 Å². The molecule has 0 saturated heterocycles. The highest BCUT2D eigenvalue weighted by atomic mass is 32.2. The highest BCUT2D eigenvalue weighted by Gasteiger charge is 2.10. The van der Waals surface area contributed by atoms with Gasteiger partial charge in [0.05, 0.1) is 37.3 Å². The van der Waals surface area contributed by atoms with Crippen molar-refractivity contribution in [1.82, 2.24) is 15.0 Å². The first-order valence-electron chi connectivity index (χ1n) is 4.43. The third-order valence-electron chi connectivity index (χ3n) is 1.52. The predicted octanol–water partition coefficient (Wildman–Crippen LogP) is -0.735. The Bertz CT molecular complexity index is 380. The normalized spacial score (nSPS) is 12.4. The van der Waals surface area contributed by atoms with Gasteiger partial charge in [-0.15, -0.1) is 5.10 Å². The summed E-state index contributed by atoms with van der Waals surface area (Å²) >= 11 is -2.55. The summed E-state index contributed by atoms with van der Waals surface area (Å²) in [7, 11) is 0. The molecule has 0 saturated carbocycles. The van der Waals surface area contributed by atoms with Gasteiger partial charge in [-0.1, -0.05) is 5.21 Å². The van der Waals surface area contributed by atoms with E-state index in [9.17, 15) is 13.6 Å². The molecule has 9 heteroatoms. The molecule has 1 rings (SSSR count). The Morgan fingerprint density at radius 3 is 3.06 bits per heavy atom. The van der Waals surface area contributed by atoms with Crippen LogP contribution in [0.1, 0.15) is 17.4 Å². The average Bonchev–Trinajstić information content (AvgIpc) is 2.66. The molecule has 1 atom stereocenters. The zero-order chi connectivity index (χ0) is 12.0. The van der Waals surface area contributed by atoms with Crippen LogP contribution in [0, 0.1) is 0 Å². The van der Waals surface area contributed by atoms with E-state index in [0.717, 1.165) is 0 Å². The van der Waals surface area contributed by atoms with Crippen LogP contribution in [0.4, 0.5) is 0 Å². The second kappa shape index (κ2) is 6.30. The maximum absolute atomic E-state index is 11.2. The first-order chi connectivity index (χ1) is 7.63. The number of ether oxygens (including phenoxy) is 1. The van der Waals surface area contributed by atoms with E-state index in [-0.39, 0.29) is 25.5 Å². The summed E-state index contributed by atoms with van der Waals surface area (Å²) in [6, 6.07) is 0. The fraction of sp³-hybridized carbons (Fsp3) is 0.571. The molecule has 0 aliphatic rings. The van der Waals surface area contributed by atoms with Crippen LogP contribution in [0.25, 0.3) is 0 Å². The number of esters is 1. The van der Waals surface area contributed by atoms with Gasteiger partial charge in [-0.2, -0.15) is 0 Å². The largest absolute Gasteiger partial charge is 0.750 e. The molecule has 0 spiro atoms. The molecule has 1 heterocycles. The highest BCUT2D eigenvalue weighted by Crippen LogP contribution is 1.96. The lowest BCUT2D eigenvalue weighted by Crippen LogP contribution is -2.08. The minimum atomic E-state index is -2.55. The summed E-state index contributed by atoms with van der Waals surface area (Å²) in [4.78, 5) is 11.2. The number of rotatable bonds is 6. The van der Waals surface area contributed by atoms with Gasteiger partial charge in [0.1, 0.15) is 0 Å². The van der Waals surface area contributed by atoms with Crippen LogP contribution in [0.3, 0.4) is 0 Å². The number of nitrogens with zero attached hydrogens (tertiary/aromatic N) is 3. The van der Waals surface area contributed by atoms with Gasteiger partial charge < -0.3 is 9.29 Å². The lowest BCUT2D eigenvalue weighted by Gasteiger charge is -2.04. The van der Waals surface area contributed by atoms with Gasteiger partial charge in [0, 0.05) is 0 Å². The molecule has 0 bridgehead atoms. The standard InChI is InChI=1S/C7H11N3O5S/c1-2-14-7(11)6-5-10(9-8-6)3-4-15-16(12)13/h5H,2-4H2,1H3,(H,12,13)/p-1. The van der Waals surface area contributed by atoms with Crippen molar-refractivity contribution in [2.24, 2.45) is 0 Å². The molecule has 0 aliphatic heterocycles. The zero-order valence-electron chi connectivity index (χ0n) is 8.49. The summed E-state index contributed by atoms with van der Waals surface area (Å²) in [5.41, 5.74) is 0.0742. The van der Waals surface area contributed by atoms with Crippen LogP contribution < -0.4 is 0 Å². The van der Waals surface area contributed by atoms with Gasteiger partial charge in [0.2, 0.25) is 0 Å². The van der Waals surface area contributed by atoms with E-state index < -0.39 is 17.3 Å². The molecular weight excluding hydrogens is 238 g/mol. The Morgan fingerprint density at radius 1 is 1.69 bits per heavy atom. The van der Waals surface area contributed by atoms with Gasteiger partial charge >= 0.3 is 5.97 Å². The molecule has 1 unspecified atom stereocenters. The molecule has 0 aromatic carbocycles. The SMILES string of the molecule is CCOC(=O)c1cn(CCOS(=O)[O-])nn1. The third-order valence-corrected chi connectivity index (χ3v) is 1.88. The van der Waals surface area contributed by atoms with Gasteiger partial charge in [0.15, 0.2) is 5.69 Å². The first-order valence-corrected chi connectivity index (χ1v) is 5.43. The van der Waals surface area contributed by atoms with E-state index in [1.54, 1.807) is 6.92 Å². The third kappa shape index (κ3) is 4.04. The maximum atomic E-state index is 11.2. The second-order valence-electron chi connectivity index (χ2n) is 2.61. The Kier molecular flexibility index (Phi) is 5.02. The molecule has 0 fully saturated rings.